The molecule has 2 heterocycles. The Labute approximate surface area is 154 Å². The minimum atomic E-state index is -0.0545. The number of anilines is 1. The van der Waals surface area contributed by atoms with Crippen molar-refractivity contribution in [1.29, 1.82) is 0 Å². The molecule has 4 nitrogen and oxygen atoms in total. The van der Waals surface area contributed by atoms with Gasteiger partial charge in [-0.3, -0.25) is 4.90 Å². The molecule has 1 saturated carbocycles. The van der Waals surface area contributed by atoms with Gasteiger partial charge < -0.3 is 5.32 Å². The average Bonchev–Trinajstić information content (AvgIpc) is 3.33. The van der Waals surface area contributed by atoms with E-state index in [9.17, 15) is 4.79 Å². The van der Waals surface area contributed by atoms with Crippen molar-refractivity contribution in [2.45, 2.75) is 38.5 Å². The lowest BCUT2D eigenvalue weighted by Crippen LogP contribution is -2.29. The second kappa shape index (κ2) is 7.21. The predicted molar refractivity (Wildman–Crippen MR) is 103 cm³/mol. The van der Waals surface area contributed by atoms with Crippen LogP contribution >= 0.6 is 0 Å². The van der Waals surface area contributed by atoms with Gasteiger partial charge in [-0.25, -0.2) is 9.78 Å². The van der Waals surface area contributed by atoms with Gasteiger partial charge in [0.25, 0.3) is 0 Å². The third-order valence-corrected chi connectivity index (χ3v) is 5.34. The maximum atomic E-state index is 12.1. The van der Waals surface area contributed by atoms with E-state index < -0.39 is 0 Å². The monoisotopic (exact) mass is 345 g/mol. The molecule has 0 atom stereocenters. The molecule has 4 rings (SSSR count). The number of nitrogens with one attached hydrogen (secondary N) is 1. The maximum absolute atomic E-state index is 12.1. The molecule has 1 aliphatic heterocycles. The first-order valence-electron chi connectivity index (χ1n) is 9.36. The van der Waals surface area contributed by atoms with Crippen LogP contribution in [0.15, 0.2) is 36.5 Å². The summed E-state index contributed by atoms with van der Waals surface area (Å²) in [7, 11) is 0. The molecular formula is C22H23N3O. The molecule has 2 amide bonds. The predicted octanol–water partition coefficient (Wildman–Crippen LogP) is 3.98. The Morgan fingerprint density at radius 1 is 1.15 bits per heavy atom. The van der Waals surface area contributed by atoms with Crippen LogP contribution in [0.2, 0.25) is 0 Å². The number of aromatic nitrogens is 1. The van der Waals surface area contributed by atoms with Gasteiger partial charge in [0, 0.05) is 30.4 Å². The highest BCUT2D eigenvalue weighted by atomic mass is 16.2. The van der Waals surface area contributed by atoms with Gasteiger partial charge in [-0.2, -0.15) is 0 Å². The molecule has 1 saturated heterocycles. The highest BCUT2D eigenvalue weighted by Crippen LogP contribution is 2.39. The SMILES string of the molecule is Cc1c(N2CCNC2=O)ncc(C#Cc2ccccc2)c1C1CCCC1. The third-order valence-electron chi connectivity index (χ3n) is 5.34. The fourth-order valence-electron chi connectivity index (χ4n) is 4.06. The standard InChI is InChI=1S/C22H23N3O/c1-16-20(18-9-5-6-10-18)19(12-11-17-7-3-2-4-8-17)15-24-21(16)25-14-13-23-22(25)26/h2-4,7-8,15,18H,5-6,9-10,13-14H2,1H3,(H,23,26). The molecule has 1 N–H and O–H groups in total. The maximum Gasteiger partial charge on any atom is 0.323 e. The Kier molecular flexibility index (Phi) is 4.62. The molecule has 0 bridgehead atoms. The first-order valence-corrected chi connectivity index (χ1v) is 9.36. The van der Waals surface area contributed by atoms with Crippen molar-refractivity contribution in [2.24, 2.45) is 0 Å². The minimum absolute atomic E-state index is 0.0545. The first kappa shape index (κ1) is 16.7. The topological polar surface area (TPSA) is 45.2 Å². The van der Waals surface area contributed by atoms with Crippen LogP contribution in [0.3, 0.4) is 0 Å². The van der Waals surface area contributed by atoms with Gasteiger partial charge in [-0.1, -0.05) is 42.9 Å². The molecule has 4 heteroatoms. The lowest BCUT2D eigenvalue weighted by molar-refractivity contribution is 0.252. The van der Waals surface area contributed by atoms with Gasteiger partial charge in [0.2, 0.25) is 0 Å². The Bertz CT molecular complexity index is 873. The lowest BCUT2D eigenvalue weighted by atomic mass is 9.90. The Balaban J connectivity index is 1.77. The van der Waals surface area contributed by atoms with Gasteiger partial charge in [-0.05, 0) is 48.9 Å². The summed E-state index contributed by atoms with van der Waals surface area (Å²) in [5, 5.41) is 2.86. The van der Waals surface area contributed by atoms with E-state index >= 15 is 0 Å². The molecule has 0 unspecified atom stereocenters. The molecule has 26 heavy (non-hydrogen) atoms. The molecule has 132 valence electrons. The number of benzene rings is 1. The smallest absolute Gasteiger partial charge is 0.323 e. The van der Waals surface area contributed by atoms with Crippen LogP contribution < -0.4 is 10.2 Å². The van der Waals surface area contributed by atoms with E-state index in [1.165, 1.54) is 31.2 Å². The number of hydrogen-bond acceptors (Lipinski definition) is 2. The fourth-order valence-corrected chi connectivity index (χ4v) is 4.06. The number of urea groups is 1. The zero-order valence-corrected chi connectivity index (χ0v) is 15.1. The summed E-state index contributed by atoms with van der Waals surface area (Å²) in [6, 6.07) is 9.98. The summed E-state index contributed by atoms with van der Waals surface area (Å²) in [6.07, 6.45) is 6.76. The molecule has 1 aromatic heterocycles. The summed E-state index contributed by atoms with van der Waals surface area (Å²) in [4.78, 5) is 18.5. The average molecular weight is 345 g/mol. The molecule has 1 aliphatic carbocycles. The molecule has 0 radical (unpaired) electrons. The minimum Gasteiger partial charge on any atom is -0.336 e. The summed E-state index contributed by atoms with van der Waals surface area (Å²) in [6.45, 7) is 3.44. The van der Waals surface area contributed by atoms with Crippen LogP contribution in [0.1, 0.15) is 53.9 Å². The van der Waals surface area contributed by atoms with Crippen LogP contribution in [0.4, 0.5) is 10.6 Å². The van der Waals surface area contributed by atoms with E-state index in [-0.39, 0.29) is 6.03 Å². The highest BCUT2D eigenvalue weighted by Gasteiger charge is 2.28. The van der Waals surface area contributed by atoms with Crippen molar-refractivity contribution < 1.29 is 4.79 Å². The van der Waals surface area contributed by atoms with Crippen molar-refractivity contribution in [2.75, 3.05) is 18.0 Å². The molecule has 2 fully saturated rings. The van der Waals surface area contributed by atoms with Crippen molar-refractivity contribution >= 4 is 11.8 Å². The number of carbonyl (C=O) groups is 1. The van der Waals surface area contributed by atoms with Crippen LogP contribution in [0.25, 0.3) is 0 Å². The van der Waals surface area contributed by atoms with Gasteiger partial charge in [0.05, 0.1) is 0 Å². The third kappa shape index (κ3) is 3.17. The Morgan fingerprint density at radius 3 is 2.62 bits per heavy atom. The van der Waals surface area contributed by atoms with Crippen LogP contribution in [0.5, 0.6) is 0 Å². The number of nitrogens with zero attached hydrogens (tertiary/aromatic N) is 2. The summed E-state index contributed by atoms with van der Waals surface area (Å²) >= 11 is 0. The van der Waals surface area contributed by atoms with E-state index in [1.54, 1.807) is 4.90 Å². The van der Waals surface area contributed by atoms with E-state index in [0.717, 1.165) is 22.5 Å². The number of rotatable bonds is 2. The van der Waals surface area contributed by atoms with Crippen molar-refractivity contribution in [1.82, 2.24) is 10.3 Å². The number of amides is 2. The summed E-state index contributed by atoms with van der Waals surface area (Å²) < 4.78 is 0. The molecular weight excluding hydrogens is 322 g/mol. The second-order valence-electron chi connectivity index (χ2n) is 7.02. The zero-order chi connectivity index (χ0) is 17.9. The van der Waals surface area contributed by atoms with Crippen molar-refractivity contribution in [3.63, 3.8) is 0 Å². The lowest BCUT2D eigenvalue weighted by Gasteiger charge is -2.22. The molecule has 0 spiro atoms. The fraction of sp³-hybridized carbons (Fsp3) is 0.364. The van der Waals surface area contributed by atoms with Crippen LogP contribution in [-0.4, -0.2) is 24.1 Å². The number of carbonyl (C=O) groups excluding carboxylic acids is 1. The van der Waals surface area contributed by atoms with Gasteiger partial charge in [-0.15, -0.1) is 0 Å². The van der Waals surface area contributed by atoms with Crippen LogP contribution in [0, 0.1) is 18.8 Å². The number of pyridine rings is 1. The molecule has 2 aliphatic rings. The zero-order valence-electron chi connectivity index (χ0n) is 15.1. The Hall–Kier alpha value is -2.80. The van der Waals surface area contributed by atoms with Crippen LogP contribution in [-0.2, 0) is 0 Å². The van der Waals surface area contributed by atoms with E-state index in [4.69, 9.17) is 0 Å². The largest absolute Gasteiger partial charge is 0.336 e. The molecule has 2 aromatic rings. The van der Waals surface area contributed by atoms with Crippen molar-refractivity contribution in [3.05, 3.63) is 58.8 Å². The van der Waals surface area contributed by atoms with Crippen molar-refractivity contribution in [3.8, 4) is 11.8 Å². The van der Waals surface area contributed by atoms with Gasteiger partial charge in [0.15, 0.2) is 0 Å². The van der Waals surface area contributed by atoms with E-state index in [1.807, 2.05) is 36.5 Å². The quantitative estimate of drug-likeness (QED) is 0.837. The summed E-state index contributed by atoms with van der Waals surface area (Å²) in [5.74, 6) is 7.91. The second-order valence-corrected chi connectivity index (χ2v) is 7.02. The first-order chi connectivity index (χ1) is 12.7. The Morgan fingerprint density at radius 2 is 1.92 bits per heavy atom. The van der Waals surface area contributed by atoms with Gasteiger partial charge in [0.1, 0.15) is 5.82 Å². The van der Waals surface area contributed by atoms with E-state index in [0.29, 0.717) is 19.0 Å². The molecule has 1 aromatic carbocycles. The summed E-state index contributed by atoms with van der Waals surface area (Å²) in [5.41, 5.74) is 4.40. The number of hydrogen-bond donors (Lipinski definition) is 1. The highest BCUT2D eigenvalue weighted by molar-refractivity contribution is 5.94. The van der Waals surface area contributed by atoms with Gasteiger partial charge >= 0.3 is 6.03 Å². The normalized spacial score (nSPS) is 17.1. The van der Waals surface area contributed by atoms with E-state index in [2.05, 4.69) is 29.1 Å².